The number of furan rings is 1. The molecule has 0 amide bonds. The largest absolute Gasteiger partial charge is 0.456 e. The number of fused-ring (bicyclic) bond motifs is 3. The fourth-order valence-electron chi connectivity index (χ4n) is 7.00. The predicted octanol–water partition coefficient (Wildman–Crippen LogP) is 11.8. The monoisotopic (exact) mass is 627 g/mol. The van der Waals surface area contributed by atoms with Crippen molar-refractivity contribution in [1.82, 2.24) is 15.4 Å². The van der Waals surface area contributed by atoms with Crippen molar-refractivity contribution >= 4 is 21.9 Å². The fraction of sp³-hybridized carbons (Fsp3) is 0. The Morgan fingerprint density at radius 2 is 0.816 bits per heavy atom. The van der Waals surface area contributed by atoms with Crippen LogP contribution >= 0.6 is 0 Å². The van der Waals surface area contributed by atoms with Crippen LogP contribution in [0.1, 0.15) is 0 Å². The van der Waals surface area contributed by atoms with E-state index in [2.05, 4.69) is 151 Å². The van der Waals surface area contributed by atoms with Crippen LogP contribution in [0.3, 0.4) is 0 Å². The molecule has 0 aliphatic rings. The van der Waals surface area contributed by atoms with Crippen LogP contribution in [0.25, 0.3) is 89.0 Å². The lowest BCUT2D eigenvalue weighted by atomic mass is 9.85. The minimum absolute atomic E-state index is 0.752. The molecule has 2 aromatic heterocycles. The highest BCUT2D eigenvalue weighted by Crippen LogP contribution is 2.48. The van der Waals surface area contributed by atoms with Crippen LogP contribution in [0.5, 0.6) is 0 Å². The van der Waals surface area contributed by atoms with E-state index >= 15 is 0 Å². The Bertz CT molecular complexity index is 2590. The number of aromatic nitrogens is 3. The smallest absolute Gasteiger partial charge is 0.136 e. The van der Waals surface area contributed by atoms with Crippen LogP contribution in [0.15, 0.2) is 180 Å². The molecular formula is C45H29N3O. The molecule has 0 N–H and O–H groups in total. The zero-order valence-electron chi connectivity index (χ0n) is 26.5. The van der Waals surface area contributed by atoms with Gasteiger partial charge < -0.3 is 4.42 Å². The summed E-state index contributed by atoms with van der Waals surface area (Å²) in [7, 11) is 0. The zero-order valence-corrected chi connectivity index (χ0v) is 26.5. The highest BCUT2D eigenvalue weighted by molar-refractivity contribution is 6.16. The van der Waals surface area contributed by atoms with E-state index in [1.54, 1.807) is 0 Å². The highest BCUT2D eigenvalue weighted by Gasteiger charge is 2.26. The van der Waals surface area contributed by atoms with Gasteiger partial charge in [0.25, 0.3) is 0 Å². The Labute approximate surface area is 284 Å². The summed E-state index contributed by atoms with van der Waals surface area (Å²) in [6.07, 6.45) is 0. The van der Waals surface area contributed by atoms with Gasteiger partial charge in [-0.1, -0.05) is 158 Å². The molecule has 0 aliphatic carbocycles. The summed E-state index contributed by atoms with van der Waals surface area (Å²) in [4.78, 5) is 0. The lowest BCUT2D eigenvalue weighted by molar-refractivity contribution is 0.669. The molecule has 4 nitrogen and oxygen atoms in total. The second-order valence-corrected chi connectivity index (χ2v) is 12.0. The van der Waals surface area contributed by atoms with E-state index in [1.807, 2.05) is 30.3 Å². The summed E-state index contributed by atoms with van der Waals surface area (Å²) in [5, 5.41) is 16.4. The molecule has 4 heteroatoms. The van der Waals surface area contributed by atoms with E-state index in [0.717, 1.165) is 89.0 Å². The van der Waals surface area contributed by atoms with E-state index in [1.165, 1.54) is 0 Å². The molecule has 0 radical (unpaired) electrons. The van der Waals surface area contributed by atoms with E-state index in [0.29, 0.717) is 0 Å². The SMILES string of the molecule is c1ccc(-c2ccccc2-c2nnnc(-c3ccc4oc5ccccc5c4c3-c3ccccc3)c2-c2ccccc2-c2ccccc2)cc1. The van der Waals surface area contributed by atoms with Crippen molar-refractivity contribution < 1.29 is 4.42 Å². The average Bonchev–Trinajstić information content (AvgIpc) is 3.57. The van der Waals surface area contributed by atoms with Crippen molar-refractivity contribution in [3.63, 3.8) is 0 Å². The number of hydrogen-bond donors (Lipinski definition) is 0. The van der Waals surface area contributed by atoms with Gasteiger partial charge in [-0.3, -0.25) is 0 Å². The number of hydrogen-bond acceptors (Lipinski definition) is 4. The predicted molar refractivity (Wildman–Crippen MR) is 200 cm³/mol. The summed E-state index contributed by atoms with van der Waals surface area (Å²) in [5.74, 6) is 0. The first-order chi connectivity index (χ1) is 24.3. The molecule has 0 spiro atoms. The number of benzene rings is 7. The Morgan fingerprint density at radius 3 is 1.47 bits per heavy atom. The maximum absolute atomic E-state index is 6.41. The van der Waals surface area contributed by atoms with Crippen LogP contribution in [-0.2, 0) is 0 Å². The molecule has 0 atom stereocenters. The standard InChI is InChI=1S/C45H29N3O/c1-4-16-30(17-5-1)33-22-10-12-24-35(33)43-44(36-25-13-11-23-34(36)31-18-6-2-7-19-31)46-48-47-45(43)38-28-29-40-42(37-26-14-15-27-39(37)49-40)41(38)32-20-8-3-9-21-32/h1-29H. The Balaban J connectivity index is 1.42. The van der Waals surface area contributed by atoms with Crippen molar-refractivity contribution in [3.8, 4) is 67.0 Å². The third-order valence-electron chi connectivity index (χ3n) is 9.17. The molecule has 230 valence electrons. The lowest BCUT2D eigenvalue weighted by Gasteiger charge is -2.20. The molecule has 9 rings (SSSR count). The maximum atomic E-state index is 6.41. The van der Waals surface area contributed by atoms with Crippen LogP contribution in [0, 0.1) is 0 Å². The Morgan fingerprint density at radius 1 is 0.327 bits per heavy atom. The normalized spacial score (nSPS) is 11.3. The van der Waals surface area contributed by atoms with Gasteiger partial charge in [0.1, 0.15) is 22.6 Å². The minimum Gasteiger partial charge on any atom is -0.456 e. The third kappa shape index (κ3) is 4.98. The first-order valence-corrected chi connectivity index (χ1v) is 16.4. The molecule has 2 heterocycles. The summed E-state index contributed by atoms with van der Waals surface area (Å²) in [6.45, 7) is 0. The average molecular weight is 628 g/mol. The maximum Gasteiger partial charge on any atom is 0.136 e. The molecule has 0 bridgehead atoms. The van der Waals surface area contributed by atoms with Gasteiger partial charge in [-0.2, -0.15) is 0 Å². The van der Waals surface area contributed by atoms with Crippen LogP contribution < -0.4 is 0 Å². The molecule has 0 unspecified atom stereocenters. The summed E-state index contributed by atoms with van der Waals surface area (Å²) in [5.41, 5.74) is 13.6. The summed E-state index contributed by atoms with van der Waals surface area (Å²) < 4.78 is 6.41. The van der Waals surface area contributed by atoms with Gasteiger partial charge in [-0.15, -0.1) is 10.2 Å². The molecule has 9 aromatic rings. The van der Waals surface area contributed by atoms with Gasteiger partial charge in [-0.25, -0.2) is 0 Å². The van der Waals surface area contributed by atoms with Crippen LogP contribution in [0.4, 0.5) is 0 Å². The van der Waals surface area contributed by atoms with Gasteiger partial charge in [0.15, 0.2) is 0 Å². The van der Waals surface area contributed by atoms with E-state index in [4.69, 9.17) is 14.6 Å². The van der Waals surface area contributed by atoms with Gasteiger partial charge >= 0.3 is 0 Å². The molecule has 0 aliphatic heterocycles. The lowest BCUT2D eigenvalue weighted by Crippen LogP contribution is -2.03. The Hall–Kier alpha value is -6.65. The Kier molecular flexibility index (Phi) is 7.10. The van der Waals surface area contributed by atoms with E-state index in [-0.39, 0.29) is 0 Å². The van der Waals surface area contributed by atoms with Crippen molar-refractivity contribution in [1.29, 1.82) is 0 Å². The number of nitrogens with zero attached hydrogens (tertiary/aromatic N) is 3. The second-order valence-electron chi connectivity index (χ2n) is 12.0. The first-order valence-electron chi connectivity index (χ1n) is 16.4. The summed E-state index contributed by atoms with van der Waals surface area (Å²) >= 11 is 0. The molecule has 49 heavy (non-hydrogen) atoms. The first kappa shape index (κ1) is 28.6. The van der Waals surface area contributed by atoms with E-state index < -0.39 is 0 Å². The summed E-state index contributed by atoms with van der Waals surface area (Å²) in [6, 6.07) is 60.8. The van der Waals surface area contributed by atoms with Gasteiger partial charge in [0.05, 0.1) is 0 Å². The quantitative estimate of drug-likeness (QED) is 0.184. The van der Waals surface area contributed by atoms with Gasteiger partial charge in [0.2, 0.25) is 0 Å². The van der Waals surface area contributed by atoms with Crippen molar-refractivity contribution in [3.05, 3.63) is 176 Å². The van der Waals surface area contributed by atoms with Crippen molar-refractivity contribution in [2.45, 2.75) is 0 Å². The topological polar surface area (TPSA) is 51.8 Å². The second kappa shape index (κ2) is 12.2. The van der Waals surface area contributed by atoms with Gasteiger partial charge in [-0.05, 0) is 56.8 Å². The minimum atomic E-state index is 0.752. The zero-order chi connectivity index (χ0) is 32.6. The fourth-order valence-corrected chi connectivity index (χ4v) is 7.00. The molecule has 0 saturated heterocycles. The molecule has 0 saturated carbocycles. The molecular weight excluding hydrogens is 599 g/mol. The number of para-hydroxylation sites is 1. The number of rotatable bonds is 6. The van der Waals surface area contributed by atoms with Crippen LogP contribution in [-0.4, -0.2) is 15.4 Å². The molecule has 0 fully saturated rings. The van der Waals surface area contributed by atoms with E-state index in [9.17, 15) is 0 Å². The van der Waals surface area contributed by atoms with Crippen molar-refractivity contribution in [2.75, 3.05) is 0 Å². The highest BCUT2D eigenvalue weighted by atomic mass is 16.3. The van der Waals surface area contributed by atoms with Crippen molar-refractivity contribution in [2.24, 2.45) is 0 Å². The van der Waals surface area contributed by atoms with Gasteiger partial charge in [0, 0.05) is 33.0 Å². The van der Waals surface area contributed by atoms with Crippen LogP contribution in [0.2, 0.25) is 0 Å². The molecule has 7 aromatic carbocycles. The third-order valence-corrected chi connectivity index (χ3v) is 9.17.